The molecule has 4 rings (SSSR count). The van der Waals surface area contributed by atoms with Crippen LogP contribution < -0.4 is 14.4 Å². The van der Waals surface area contributed by atoms with Gasteiger partial charge in [-0.3, -0.25) is 14.5 Å². The molecule has 8 heteroatoms. The standard InChI is InChI=1S/C23H20N2O6/c1-13-11-18(24-31-13)25-20(15-5-4-6-17(12-15)30-3)19(22(27)23(25)28)21(26)14-7-9-16(29-2)10-8-14/h4-12,20,26H,1-3H3/b21-19+/t20-/m0/s1. The molecule has 31 heavy (non-hydrogen) atoms. The Bertz CT molecular complexity index is 1180. The van der Waals surface area contributed by atoms with Gasteiger partial charge in [-0.25, -0.2) is 0 Å². The summed E-state index contributed by atoms with van der Waals surface area (Å²) in [5, 5.41) is 15.0. The second-order valence-corrected chi connectivity index (χ2v) is 6.97. The number of nitrogens with zero attached hydrogens (tertiary/aromatic N) is 2. The number of carbonyl (C=O) groups excluding carboxylic acids is 2. The van der Waals surface area contributed by atoms with Crippen molar-refractivity contribution in [3.8, 4) is 11.5 Å². The van der Waals surface area contributed by atoms with E-state index < -0.39 is 17.7 Å². The number of amides is 1. The Hall–Kier alpha value is -4.07. The van der Waals surface area contributed by atoms with Crippen molar-refractivity contribution in [3.63, 3.8) is 0 Å². The third-order valence-corrected chi connectivity index (χ3v) is 5.08. The molecule has 1 fully saturated rings. The molecule has 2 aromatic carbocycles. The summed E-state index contributed by atoms with van der Waals surface area (Å²) < 4.78 is 15.6. The van der Waals surface area contributed by atoms with E-state index in [0.717, 1.165) is 0 Å². The molecule has 1 aliphatic heterocycles. The number of aromatic nitrogens is 1. The average molecular weight is 420 g/mol. The molecule has 3 aromatic rings. The number of methoxy groups -OCH3 is 2. The van der Waals surface area contributed by atoms with E-state index in [1.54, 1.807) is 61.5 Å². The van der Waals surface area contributed by atoms with Crippen LogP contribution in [0.2, 0.25) is 0 Å². The topological polar surface area (TPSA) is 102 Å². The maximum atomic E-state index is 13.0. The van der Waals surface area contributed by atoms with Gasteiger partial charge in [0.25, 0.3) is 5.78 Å². The van der Waals surface area contributed by atoms with E-state index in [4.69, 9.17) is 14.0 Å². The first kappa shape index (κ1) is 20.2. The van der Waals surface area contributed by atoms with Gasteiger partial charge in [-0.15, -0.1) is 0 Å². The molecule has 0 aliphatic carbocycles. The van der Waals surface area contributed by atoms with Crippen molar-refractivity contribution in [1.82, 2.24) is 5.16 Å². The maximum absolute atomic E-state index is 13.0. The number of hydrogen-bond acceptors (Lipinski definition) is 7. The molecule has 0 radical (unpaired) electrons. The van der Waals surface area contributed by atoms with Crippen LogP contribution in [-0.2, 0) is 9.59 Å². The third-order valence-electron chi connectivity index (χ3n) is 5.08. The number of ketones is 1. The largest absolute Gasteiger partial charge is 0.507 e. The minimum Gasteiger partial charge on any atom is -0.507 e. The van der Waals surface area contributed by atoms with Crippen molar-refractivity contribution in [2.24, 2.45) is 0 Å². The monoisotopic (exact) mass is 420 g/mol. The average Bonchev–Trinajstić information content (AvgIpc) is 3.34. The van der Waals surface area contributed by atoms with Crippen LogP contribution >= 0.6 is 0 Å². The number of aliphatic hydroxyl groups is 1. The summed E-state index contributed by atoms with van der Waals surface area (Å²) in [6.07, 6.45) is 0. The number of hydrogen-bond donors (Lipinski definition) is 1. The van der Waals surface area contributed by atoms with Crippen LogP contribution in [0.5, 0.6) is 11.5 Å². The highest BCUT2D eigenvalue weighted by atomic mass is 16.5. The lowest BCUT2D eigenvalue weighted by Gasteiger charge is -2.23. The van der Waals surface area contributed by atoms with E-state index in [2.05, 4.69) is 5.16 Å². The Morgan fingerprint density at radius 2 is 1.74 bits per heavy atom. The highest BCUT2D eigenvalue weighted by molar-refractivity contribution is 6.51. The Morgan fingerprint density at radius 1 is 1.03 bits per heavy atom. The Kier molecular flexibility index (Phi) is 5.21. The second-order valence-electron chi connectivity index (χ2n) is 6.97. The van der Waals surface area contributed by atoms with Gasteiger partial charge in [0.1, 0.15) is 23.0 Å². The van der Waals surface area contributed by atoms with Crippen molar-refractivity contribution < 1.29 is 28.7 Å². The molecule has 1 aromatic heterocycles. The van der Waals surface area contributed by atoms with Crippen LogP contribution in [0.15, 0.2) is 64.7 Å². The van der Waals surface area contributed by atoms with Gasteiger partial charge < -0.3 is 19.1 Å². The molecule has 0 spiro atoms. The Balaban J connectivity index is 1.92. The number of benzene rings is 2. The number of aryl methyl sites for hydroxylation is 1. The summed E-state index contributed by atoms with van der Waals surface area (Å²) in [5.41, 5.74) is 0.904. The van der Waals surface area contributed by atoms with Crippen molar-refractivity contribution >= 4 is 23.3 Å². The lowest BCUT2D eigenvalue weighted by atomic mass is 9.95. The highest BCUT2D eigenvalue weighted by Gasteiger charge is 2.48. The number of rotatable bonds is 5. The van der Waals surface area contributed by atoms with Crippen LogP contribution in [0.1, 0.15) is 22.9 Å². The molecule has 1 N–H and O–H groups in total. The van der Waals surface area contributed by atoms with Crippen LogP contribution in [0.3, 0.4) is 0 Å². The third kappa shape index (κ3) is 3.52. The number of carbonyl (C=O) groups is 2. The first-order valence-corrected chi connectivity index (χ1v) is 9.47. The normalized spacial score (nSPS) is 17.8. The van der Waals surface area contributed by atoms with Gasteiger partial charge >= 0.3 is 5.91 Å². The molecule has 158 valence electrons. The van der Waals surface area contributed by atoms with Gasteiger partial charge in [-0.05, 0) is 48.9 Å². The smallest absolute Gasteiger partial charge is 0.301 e. The van der Waals surface area contributed by atoms with Gasteiger partial charge in [-0.2, -0.15) is 0 Å². The minimum atomic E-state index is -0.915. The second kappa shape index (κ2) is 7.98. The van der Waals surface area contributed by atoms with Gasteiger partial charge in [0, 0.05) is 11.6 Å². The summed E-state index contributed by atoms with van der Waals surface area (Å²) in [6.45, 7) is 1.69. The zero-order valence-electron chi connectivity index (χ0n) is 17.2. The molecule has 2 heterocycles. The van der Waals surface area contributed by atoms with Gasteiger partial charge in [0.2, 0.25) is 0 Å². The fraction of sp³-hybridized carbons (Fsp3) is 0.174. The minimum absolute atomic E-state index is 0.0518. The van der Waals surface area contributed by atoms with Gasteiger partial charge in [-0.1, -0.05) is 17.3 Å². The predicted molar refractivity (Wildman–Crippen MR) is 112 cm³/mol. The first-order chi connectivity index (χ1) is 14.9. The molecule has 0 saturated carbocycles. The molecule has 1 atom stereocenters. The molecular weight excluding hydrogens is 400 g/mol. The first-order valence-electron chi connectivity index (χ1n) is 9.47. The molecule has 1 amide bonds. The van der Waals surface area contributed by atoms with Crippen molar-refractivity contribution in [3.05, 3.63) is 77.1 Å². The SMILES string of the molecule is COc1ccc(/C(O)=C2\C(=O)C(=O)N(c3cc(C)on3)[C@H]2c2cccc(OC)c2)cc1. The number of aliphatic hydroxyl groups excluding tert-OH is 1. The van der Waals surface area contributed by atoms with Gasteiger partial charge in [0.05, 0.1) is 25.8 Å². The number of ether oxygens (including phenoxy) is 2. The summed E-state index contributed by atoms with van der Waals surface area (Å²) in [4.78, 5) is 27.3. The fourth-order valence-electron chi connectivity index (χ4n) is 3.57. The van der Waals surface area contributed by atoms with Crippen molar-refractivity contribution in [1.29, 1.82) is 0 Å². The van der Waals surface area contributed by atoms with Crippen molar-refractivity contribution in [2.75, 3.05) is 19.1 Å². The van der Waals surface area contributed by atoms with E-state index in [1.165, 1.54) is 19.1 Å². The van der Waals surface area contributed by atoms with Crippen molar-refractivity contribution in [2.45, 2.75) is 13.0 Å². The van der Waals surface area contributed by atoms with E-state index >= 15 is 0 Å². The molecule has 0 unspecified atom stereocenters. The van der Waals surface area contributed by atoms with Crippen LogP contribution in [0.25, 0.3) is 5.76 Å². The van der Waals surface area contributed by atoms with Crippen LogP contribution in [-0.4, -0.2) is 36.2 Å². The quantitative estimate of drug-likeness (QED) is 0.382. The zero-order valence-corrected chi connectivity index (χ0v) is 17.2. The molecule has 0 bridgehead atoms. The lowest BCUT2D eigenvalue weighted by Crippen LogP contribution is -2.29. The Labute approximate surface area is 178 Å². The molecule has 1 aliphatic rings. The van der Waals surface area contributed by atoms with Crippen LogP contribution in [0, 0.1) is 6.92 Å². The Morgan fingerprint density at radius 3 is 2.35 bits per heavy atom. The number of anilines is 1. The molecule has 8 nitrogen and oxygen atoms in total. The lowest BCUT2D eigenvalue weighted by molar-refractivity contribution is -0.132. The zero-order chi connectivity index (χ0) is 22.1. The summed E-state index contributed by atoms with van der Waals surface area (Å²) in [6, 6.07) is 14.1. The molecule has 1 saturated heterocycles. The van der Waals surface area contributed by atoms with E-state index in [9.17, 15) is 14.7 Å². The van der Waals surface area contributed by atoms with Gasteiger partial charge in [0.15, 0.2) is 5.82 Å². The van der Waals surface area contributed by atoms with E-state index in [1.807, 2.05) is 0 Å². The summed E-state index contributed by atoms with van der Waals surface area (Å²) in [5.74, 6) is -0.115. The fourth-order valence-corrected chi connectivity index (χ4v) is 3.57. The van der Waals surface area contributed by atoms with E-state index in [0.29, 0.717) is 28.4 Å². The highest BCUT2D eigenvalue weighted by Crippen LogP contribution is 2.42. The number of Topliss-reactive ketones (excluding diaryl/α,β-unsaturated/α-hetero) is 1. The van der Waals surface area contributed by atoms with E-state index in [-0.39, 0.29) is 17.2 Å². The predicted octanol–water partition coefficient (Wildman–Crippen LogP) is 3.63. The van der Waals surface area contributed by atoms with Crippen LogP contribution in [0.4, 0.5) is 5.82 Å². The molecular formula is C23H20N2O6. The summed E-state index contributed by atoms with van der Waals surface area (Å²) >= 11 is 0. The summed E-state index contributed by atoms with van der Waals surface area (Å²) in [7, 11) is 3.05. The maximum Gasteiger partial charge on any atom is 0.301 e.